The molecule has 1 aromatic carbocycles. The average molecular weight is 207 g/mol. The van der Waals surface area contributed by atoms with Gasteiger partial charge in [0.1, 0.15) is 11.4 Å². The van der Waals surface area contributed by atoms with E-state index in [-0.39, 0.29) is 5.70 Å². The van der Waals surface area contributed by atoms with E-state index in [2.05, 4.69) is 0 Å². The topological polar surface area (TPSA) is 72.5 Å². The Morgan fingerprint density at radius 2 is 2.20 bits per heavy atom. The molecule has 1 rings (SSSR count). The molecule has 1 aromatic rings. The number of aliphatic carboxylic acids is 1. The molecule has 80 valence electrons. The number of benzene rings is 1. The van der Waals surface area contributed by atoms with E-state index in [4.69, 9.17) is 15.6 Å². The van der Waals surface area contributed by atoms with Crippen LogP contribution in [0.25, 0.3) is 6.08 Å². The Balaban J connectivity index is 3.18. The third-order valence-corrected chi connectivity index (χ3v) is 1.94. The van der Waals surface area contributed by atoms with E-state index in [0.717, 1.165) is 5.56 Å². The van der Waals surface area contributed by atoms with Crippen molar-refractivity contribution in [3.63, 3.8) is 0 Å². The van der Waals surface area contributed by atoms with Crippen molar-refractivity contribution in [2.75, 3.05) is 7.11 Å². The minimum absolute atomic E-state index is 0.209. The molecule has 4 nitrogen and oxygen atoms in total. The van der Waals surface area contributed by atoms with Crippen LogP contribution < -0.4 is 10.5 Å². The highest BCUT2D eigenvalue weighted by atomic mass is 16.5. The van der Waals surface area contributed by atoms with Crippen LogP contribution in [0.2, 0.25) is 0 Å². The molecule has 0 saturated carbocycles. The maximum Gasteiger partial charge on any atom is 0.351 e. The number of carboxylic acid groups (broad SMARTS) is 1. The van der Waals surface area contributed by atoms with E-state index in [0.29, 0.717) is 11.3 Å². The molecule has 0 saturated heterocycles. The van der Waals surface area contributed by atoms with Crippen molar-refractivity contribution in [3.05, 3.63) is 35.0 Å². The van der Waals surface area contributed by atoms with Gasteiger partial charge in [-0.1, -0.05) is 11.6 Å². The van der Waals surface area contributed by atoms with Gasteiger partial charge < -0.3 is 15.6 Å². The number of carboxylic acids is 1. The van der Waals surface area contributed by atoms with Gasteiger partial charge in [0, 0.05) is 5.56 Å². The first-order valence-corrected chi connectivity index (χ1v) is 4.39. The maximum atomic E-state index is 10.6. The number of rotatable bonds is 3. The summed E-state index contributed by atoms with van der Waals surface area (Å²) < 4.78 is 5.09. The predicted octanol–water partition coefficient (Wildman–Crippen LogP) is 1.39. The molecule has 0 radical (unpaired) electrons. The van der Waals surface area contributed by atoms with Crippen molar-refractivity contribution in [2.24, 2.45) is 5.73 Å². The zero-order valence-electron chi connectivity index (χ0n) is 8.65. The van der Waals surface area contributed by atoms with E-state index in [1.807, 2.05) is 19.1 Å². The molecule has 15 heavy (non-hydrogen) atoms. The Hall–Kier alpha value is -1.97. The summed E-state index contributed by atoms with van der Waals surface area (Å²) in [5.74, 6) is -0.539. The average Bonchev–Trinajstić information content (AvgIpc) is 2.18. The normalized spacial score (nSPS) is 11.2. The third-order valence-electron chi connectivity index (χ3n) is 1.94. The minimum Gasteiger partial charge on any atom is -0.496 e. The van der Waals surface area contributed by atoms with Crippen LogP contribution in [0.15, 0.2) is 23.9 Å². The fourth-order valence-corrected chi connectivity index (χ4v) is 1.20. The molecule has 0 unspecified atom stereocenters. The third kappa shape index (κ3) is 2.74. The fraction of sp³-hybridized carbons (Fsp3) is 0.182. The lowest BCUT2D eigenvalue weighted by Gasteiger charge is -2.06. The van der Waals surface area contributed by atoms with Gasteiger partial charge in [0.25, 0.3) is 0 Å². The van der Waals surface area contributed by atoms with E-state index >= 15 is 0 Å². The summed E-state index contributed by atoms with van der Waals surface area (Å²) in [6, 6.07) is 5.47. The molecule has 0 atom stereocenters. The molecule has 0 spiro atoms. The van der Waals surface area contributed by atoms with Gasteiger partial charge in [-0.05, 0) is 25.1 Å². The standard InChI is InChI=1S/C11H13NO3/c1-7-3-4-10(15-2)8(5-7)6-9(12)11(13)14/h3-6H,12H2,1-2H3,(H,13,14)/b9-6+. The first-order chi connectivity index (χ1) is 7.04. The summed E-state index contributed by atoms with van der Waals surface area (Å²) in [4.78, 5) is 10.6. The number of nitrogens with two attached hydrogens (primary N) is 1. The fourth-order valence-electron chi connectivity index (χ4n) is 1.20. The Morgan fingerprint density at radius 3 is 2.73 bits per heavy atom. The first-order valence-electron chi connectivity index (χ1n) is 4.39. The van der Waals surface area contributed by atoms with Gasteiger partial charge in [-0.3, -0.25) is 0 Å². The summed E-state index contributed by atoms with van der Waals surface area (Å²) >= 11 is 0. The SMILES string of the molecule is COc1ccc(C)cc1/C=C(/N)C(=O)O. The second-order valence-corrected chi connectivity index (χ2v) is 3.15. The quantitative estimate of drug-likeness (QED) is 0.734. The zero-order valence-corrected chi connectivity index (χ0v) is 8.65. The number of carbonyl (C=O) groups is 1. The summed E-state index contributed by atoms with van der Waals surface area (Å²) in [6.45, 7) is 1.91. The lowest BCUT2D eigenvalue weighted by atomic mass is 10.1. The molecule has 0 aromatic heterocycles. The molecule has 0 heterocycles. The van der Waals surface area contributed by atoms with E-state index in [1.54, 1.807) is 6.07 Å². The second-order valence-electron chi connectivity index (χ2n) is 3.15. The molecule has 0 aliphatic carbocycles. The van der Waals surface area contributed by atoms with Crippen molar-refractivity contribution < 1.29 is 14.6 Å². The van der Waals surface area contributed by atoms with Gasteiger partial charge in [-0.25, -0.2) is 4.79 Å². The Labute approximate surface area is 88.0 Å². The van der Waals surface area contributed by atoms with E-state index in [1.165, 1.54) is 13.2 Å². The molecule has 0 bridgehead atoms. The summed E-state index contributed by atoms with van der Waals surface area (Å²) in [5, 5.41) is 8.64. The molecular formula is C11H13NO3. The molecular weight excluding hydrogens is 194 g/mol. The summed E-state index contributed by atoms with van der Waals surface area (Å²) in [5.41, 5.74) is 6.80. The number of methoxy groups -OCH3 is 1. The summed E-state index contributed by atoms with van der Waals surface area (Å²) in [7, 11) is 1.53. The largest absolute Gasteiger partial charge is 0.496 e. The van der Waals surface area contributed by atoms with Gasteiger partial charge in [0.05, 0.1) is 7.11 Å². The Kier molecular flexibility index (Phi) is 3.33. The Morgan fingerprint density at radius 1 is 1.53 bits per heavy atom. The second kappa shape index (κ2) is 4.50. The van der Waals surface area contributed by atoms with Gasteiger partial charge in [-0.15, -0.1) is 0 Å². The highest BCUT2D eigenvalue weighted by Crippen LogP contribution is 2.21. The number of hydrogen-bond donors (Lipinski definition) is 2. The maximum absolute atomic E-state index is 10.6. The molecule has 4 heteroatoms. The van der Waals surface area contributed by atoms with Gasteiger partial charge in [-0.2, -0.15) is 0 Å². The van der Waals surface area contributed by atoms with Crippen LogP contribution in [-0.4, -0.2) is 18.2 Å². The van der Waals surface area contributed by atoms with Crippen LogP contribution in [0.5, 0.6) is 5.75 Å². The van der Waals surface area contributed by atoms with Crippen molar-refractivity contribution in [2.45, 2.75) is 6.92 Å². The lowest BCUT2D eigenvalue weighted by molar-refractivity contribution is -0.132. The summed E-state index contributed by atoms with van der Waals surface area (Å²) in [6.07, 6.45) is 1.38. The van der Waals surface area contributed by atoms with Gasteiger partial charge in [0.2, 0.25) is 0 Å². The highest BCUT2D eigenvalue weighted by Gasteiger charge is 2.05. The van der Waals surface area contributed by atoms with Crippen LogP contribution in [0.3, 0.4) is 0 Å². The van der Waals surface area contributed by atoms with Gasteiger partial charge >= 0.3 is 5.97 Å². The molecule has 0 fully saturated rings. The molecule has 0 aliphatic heterocycles. The van der Waals surface area contributed by atoms with Gasteiger partial charge in [0.15, 0.2) is 0 Å². The molecule has 0 amide bonds. The zero-order chi connectivity index (χ0) is 11.4. The molecule has 3 N–H and O–H groups in total. The van der Waals surface area contributed by atoms with Crippen LogP contribution in [-0.2, 0) is 4.79 Å². The van der Waals surface area contributed by atoms with Crippen molar-refractivity contribution in [1.82, 2.24) is 0 Å². The number of aryl methyl sites for hydroxylation is 1. The van der Waals surface area contributed by atoms with E-state index < -0.39 is 5.97 Å². The van der Waals surface area contributed by atoms with Crippen molar-refractivity contribution >= 4 is 12.0 Å². The van der Waals surface area contributed by atoms with E-state index in [9.17, 15) is 4.79 Å². The van der Waals surface area contributed by atoms with Crippen molar-refractivity contribution in [3.8, 4) is 5.75 Å². The van der Waals surface area contributed by atoms with Crippen LogP contribution in [0.4, 0.5) is 0 Å². The predicted molar refractivity (Wildman–Crippen MR) is 57.5 cm³/mol. The lowest BCUT2D eigenvalue weighted by Crippen LogP contribution is -2.09. The Bertz CT molecular complexity index is 410. The smallest absolute Gasteiger partial charge is 0.351 e. The highest BCUT2D eigenvalue weighted by molar-refractivity contribution is 5.91. The number of ether oxygens (including phenoxy) is 1. The van der Waals surface area contributed by atoms with Crippen LogP contribution in [0.1, 0.15) is 11.1 Å². The monoisotopic (exact) mass is 207 g/mol. The number of hydrogen-bond acceptors (Lipinski definition) is 3. The van der Waals surface area contributed by atoms with Crippen molar-refractivity contribution in [1.29, 1.82) is 0 Å². The van der Waals surface area contributed by atoms with Crippen LogP contribution in [0, 0.1) is 6.92 Å². The molecule has 0 aliphatic rings. The van der Waals surface area contributed by atoms with Crippen LogP contribution >= 0.6 is 0 Å². The minimum atomic E-state index is -1.14. The first kappa shape index (κ1) is 11.1.